The Bertz CT molecular complexity index is 411. The molecule has 1 aliphatic rings. The maximum Gasteiger partial charge on any atom is 0.213 e. The van der Waals surface area contributed by atoms with Gasteiger partial charge in [-0.3, -0.25) is 4.90 Å². The fourth-order valence-electron chi connectivity index (χ4n) is 4.04. The third-order valence-electron chi connectivity index (χ3n) is 5.67. The maximum absolute atomic E-state index is 11.8. The van der Waals surface area contributed by atoms with E-state index in [-0.39, 0.29) is 5.25 Å². The summed E-state index contributed by atoms with van der Waals surface area (Å²) in [6, 6.07) is 0.549. The highest BCUT2D eigenvalue weighted by atomic mass is 32.2. The van der Waals surface area contributed by atoms with Crippen LogP contribution in [-0.2, 0) is 10.0 Å². The number of rotatable bonds is 14. The van der Waals surface area contributed by atoms with Crippen LogP contribution in [-0.4, -0.2) is 37.7 Å². The van der Waals surface area contributed by atoms with Crippen LogP contribution in [0.3, 0.4) is 0 Å². The van der Waals surface area contributed by atoms with Gasteiger partial charge in [-0.15, -0.1) is 0 Å². The van der Waals surface area contributed by atoms with Crippen molar-refractivity contribution in [2.24, 2.45) is 5.14 Å². The average molecular weight is 375 g/mol. The smallest absolute Gasteiger partial charge is 0.213 e. The molecule has 1 saturated heterocycles. The van der Waals surface area contributed by atoms with E-state index in [1.54, 1.807) is 0 Å². The number of primary sulfonamides is 1. The van der Waals surface area contributed by atoms with Crippen molar-refractivity contribution < 1.29 is 8.42 Å². The van der Waals surface area contributed by atoms with Crippen molar-refractivity contribution in [1.29, 1.82) is 0 Å². The fourth-order valence-corrected chi connectivity index (χ4v) is 4.94. The Hall–Kier alpha value is -0.130. The molecule has 25 heavy (non-hydrogen) atoms. The fraction of sp³-hybridized carbons (Fsp3) is 1.00. The first-order valence-corrected chi connectivity index (χ1v) is 12.4. The third-order valence-corrected chi connectivity index (χ3v) is 6.99. The predicted octanol–water partition coefficient (Wildman–Crippen LogP) is 4.83. The van der Waals surface area contributed by atoms with Gasteiger partial charge in [-0.1, -0.05) is 78.1 Å². The van der Waals surface area contributed by atoms with Crippen molar-refractivity contribution in [1.82, 2.24) is 4.90 Å². The molecule has 5 heteroatoms. The lowest BCUT2D eigenvalue weighted by Crippen LogP contribution is -2.48. The quantitative estimate of drug-likeness (QED) is 0.443. The van der Waals surface area contributed by atoms with Crippen molar-refractivity contribution in [3.05, 3.63) is 0 Å². The molecule has 0 saturated carbocycles. The van der Waals surface area contributed by atoms with Crippen molar-refractivity contribution in [2.75, 3.05) is 13.1 Å². The number of piperidine rings is 1. The van der Waals surface area contributed by atoms with Gasteiger partial charge in [0.05, 0.1) is 5.25 Å². The monoisotopic (exact) mass is 374 g/mol. The largest absolute Gasteiger partial charge is 0.299 e. The van der Waals surface area contributed by atoms with E-state index >= 15 is 0 Å². The van der Waals surface area contributed by atoms with Gasteiger partial charge in [-0.05, 0) is 32.2 Å². The highest BCUT2D eigenvalue weighted by molar-refractivity contribution is 7.89. The van der Waals surface area contributed by atoms with E-state index in [0.717, 1.165) is 19.4 Å². The van der Waals surface area contributed by atoms with Crippen molar-refractivity contribution in [2.45, 2.75) is 115 Å². The Balaban J connectivity index is 2.49. The Morgan fingerprint density at radius 1 is 0.920 bits per heavy atom. The van der Waals surface area contributed by atoms with Crippen LogP contribution in [0.1, 0.15) is 104 Å². The van der Waals surface area contributed by atoms with E-state index in [4.69, 9.17) is 5.14 Å². The van der Waals surface area contributed by atoms with Crippen molar-refractivity contribution >= 4 is 10.0 Å². The van der Waals surface area contributed by atoms with Gasteiger partial charge in [0.2, 0.25) is 10.0 Å². The average Bonchev–Trinajstić information content (AvgIpc) is 2.59. The predicted molar refractivity (Wildman–Crippen MR) is 108 cm³/mol. The van der Waals surface area contributed by atoms with Crippen LogP contribution in [0.5, 0.6) is 0 Å². The summed E-state index contributed by atoms with van der Waals surface area (Å²) in [6.45, 7) is 6.19. The van der Waals surface area contributed by atoms with Crippen LogP contribution < -0.4 is 5.14 Å². The van der Waals surface area contributed by atoms with Crippen LogP contribution >= 0.6 is 0 Å². The normalized spacial score (nSPS) is 19.6. The Labute approximate surface area is 157 Å². The number of nitrogens with two attached hydrogens (primary N) is 1. The van der Waals surface area contributed by atoms with Gasteiger partial charge in [0.25, 0.3) is 0 Å². The molecule has 0 bridgehead atoms. The minimum Gasteiger partial charge on any atom is -0.299 e. The van der Waals surface area contributed by atoms with Gasteiger partial charge in [-0.25, -0.2) is 13.6 Å². The standard InChI is InChI=1S/C20H42N2O2S/c1-3-5-7-9-11-14-19(15-12-10-8-6-4-2)22-17-13-16-20(18-22)25(21,23)24/h19-20H,3-18H2,1-2H3,(H2,21,23,24). The third kappa shape index (κ3) is 9.95. The lowest BCUT2D eigenvalue weighted by atomic mass is 9.97. The zero-order chi connectivity index (χ0) is 18.5. The highest BCUT2D eigenvalue weighted by Crippen LogP contribution is 2.24. The second kappa shape index (κ2) is 13.1. The van der Waals surface area contributed by atoms with Crippen LogP contribution in [0.25, 0.3) is 0 Å². The van der Waals surface area contributed by atoms with E-state index in [1.807, 2.05) is 0 Å². The lowest BCUT2D eigenvalue weighted by molar-refractivity contribution is 0.144. The van der Waals surface area contributed by atoms with E-state index in [0.29, 0.717) is 12.6 Å². The molecule has 1 atom stereocenters. The molecule has 0 aromatic heterocycles. The Kier molecular flexibility index (Phi) is 12.0. The van der Waals surface area contributed by atoms with E-state index in [2.05, 4.69) is 18.7 Å². The van der Waals surface area contributed by atoms with Crippen LogP contribution in [0.4, 0.5) is 0 Å². The summed E-state index contributed by atoms with van der Waals surface area (Å²) in [5.74, 6) is 0. The molecule has 1 fully saturated rings. The van der Waals surface area contributed by atoms with Crippen molar-refractivity contribution in [3.8, 4) is 0 Å². The molecule has 1 unspecified atom stereocenters. The molecule has 1 rings (SSSR count). The molecule has 0 aromatic carbocycles. The summed E-state index contributed by atoms with van der Waals surface area (Å²) in [5, 5.41) is 5.07. The molecular weight excluding hydrogens is 332 g/mol. The highest BCUT2D eigenvalue weighted by Gasteiger charge is 2.31. The Morgan fingerprint density at radius 3 is 1.92 bits per heavy atom. The SMILES string of the molecule is CCCCCCCC(CCCCCCC)N1CCCC(S(N)(=O)=O)C1. The molecule has 1 aliphatic heterocycles. The number of unbranched alkanes of at least 4 members (excludes halogenated alkanes) is 8. The zero-order valence-electron chi connectivity index (χ0n) is 16.7. The summed E-state index contributed by atoms with van der Waals surface area (Å²) in [4.78, 5) is 2.44. The molecule has 4 nitrogen and oxygen atoms in total. The molecule has 0 aliphatic carbocycles. The number of sulfonamides is 1. The molecule has 0 spiro atoms. The van der Waals surface area contributed by atoms with Gasteiger partial charge in [0.15, 0.2) is 0 Å². The zero-order valence-corrected chi connectivity index (χ0v) is 17.5. The topological polar surface area (TPSA) is 63.4 Å². The summed E-state index contributed by atoms with van der Waals surface area (Å²) in [7, 11) is -3.40. The summed E-state index contributed by atoms with van der Waals surface area (Å²) >= 11 is 0. The molecule has 0 amide bonds. The lowest BCUT2D eigenvalue weighted by Gasteiger charge is -2.38. The van der Waals surface area contributed by atoms with Crippen LogP contribution in [0.15, 0.2) is 0 Å². The maximum atomic E-state index is 11.8. The van der Waals surface area contributed by atoms with E-state index in [1.165, 1.54) is 77.0 Å². The number of hydrogen-bond acceptors (Lipinski definition) is 3. The Morgan fingerprint density at radius 2 is 1.44 bits per heavy atom. The second-order valence-electron chi connectivity index (χ2n) is 7.91. The van der Waals surface area contributed by atoms with Gasteiger partial charge in [0.1, 0.15) is 0 Å². The van der Waals surface area contributed by atoms with Gasteiger partial charge in [0, 0.05) is 12.6 Å². The molecular formula is C20H42N2O2S. The molecule has 1 heterocycles. The first-order valence-electron chi connectivity index (χ1n) is 10.7. The van der Waals surface area contributed by atoms with Gasteiger partial charge < -0.3 is 0 Å². The minimum absolute atomic E-state index is 0.357. The molecule has 0 aromatic rings. The summed E-state index contributed by atoms with van der Waals surface area (Å²) in [5.41, 5.74) is 0. The first-order chi connectivity index (χ1) is 12.0. The number of nitrogens with zero attached hydrogens (tertiary/aromatic N) is 1. The van der Waals surface area contributed by atoms with E-state index < -0.39 is 10.0 Å². The second-order valence-corrected chi connectivity index (χ2v) is 9.75. The van der Waals surface area contributed by atoms with E-state index in [9.17, 15) is 8.42 Å². The van der Waals surface area contributed by atoms with Gasteiger partial charge in [-0.2, -0.15) is 0 Å². The van der Waals surface area contributed by atoms with Gasteiger partial charge >= 0.3 is 0 Å². The van der Waals surface area contributed by atoms with Crippen molar-refractivity contribution in [3.63, 3.8) is 0 Å². The molecule has 0 radical (unpaired) electrons. The summed E-state index contributed by atoms with van der Waals surface area (Å²) < 4.78 is 23.5. The molecule has 150 valence electrons. The minimum atomic E-state index is -3.40. The van der Waals surface area contributed by atoms with Crippen LogP contribution in [0, 0.1) is 0 Å². The number of likely N-dealkylation sites (tertiary alicyclic amines) is 1. The molecule has 2 N–H and O–H groups in total. The number of hydrogen-bond donors (Lipinski definition) is 1. The van der Waals surface area contributed by atoms with Crippen LogP contribution in [0.2, 0.25) is 0 Å². The first kappa shape index (κ1) is 22.9. The summed E-state index contributed by atoms with van der Waals surface area (Å²) in [6.07, 6.45) is 17.2.